The minimum Gasteiger partial charge on any atom is -0.314 e. The van der Waals surface area contributed by atoms with Gasteiger partial charge in [0.05, 0.1) is 5.69 Å². The summed E-state index contributed by atoms with van der Waals surface area (Å²) < 4.78 is 2.44. The number of hydrogen-bond acceptors (Lipinski definition) is 4. The van der Waals surface area contributed by atoms with Crippen LogP contribution in [-0.4, -0.2) is 40.0 Å². The number of piperazine rings is 1. The summed E-state index contributed by atoms with van der Waals surface area (Å²) in [5, 5.41) is 3.36. The van der Waals surface area contributed by atoms with Crippen molar-refractivity contribution < 1.29 is 0 Å². The number of nitrogens with zero attached hydrogens (tertiary/aromatic N) is 3. The number of fused-ring (bicyclic) bond motifs is 1. The Labute approximate surface area is 125 Å². The number of hydrogen-bond donors (Lipinski definition) is 1. The molecule has 1 fully saturated rings. The van der Waals surface area contributed by atoms with Crippen LogP contribution in [0.2, 0.25) is 0 Å². The molecule has 0 amide bonds. The first kappa shape index (κ1) is 13.7. The highest BCUT2D eigenvalue weighted by atomic mass is 79.9. The lowest BCUT2D eigenvalue weighted by Crippen LogP contribution is -2.49. The summed E-state index contributed by atoms with van der Waals surface area (Å²) >= 11 is 3.37. The van der Waals surface area contributed by atoms with Gasteiger partial charge in [-0.3, -0.25) is 14.1 Å². The van der Waals surface area contributed by atoms with Crippen molar-refractivity contribution in [3.63, 3.8) is 0 Å². The topological polar surface area (TPSA) is 49.6 Å². The summed E-state index contributed by atoms with van der Waals surface area (Å²) in [6.45, 7) is 5.88. The molecule has 0 aliphatic carbocycles. The van der Waals surface area contributed by atoms with Crippen LogP contribution >= 0.6 is 15.9 Å². The molecular formula is C14H17BrN4O. The summed E-state index contributed by atoms with van der Waals surface area (Å²) in [6, 6.07) is 5.86. The highest BCUT2D eigenvalue weighted by molar-refractivity contribution is 9.10. The van der Waals surface area contributed by atoms with Gasteiger partial charge in [-0.25, -0.2) is 4.98 Å². The van der Waals surface area contributed by atoms with E-state index in [9.17, 15) is 4.79 Å². The Morgan fingerprint density at radius 3 is 3.15 bits per heavy atom. The maximum absolute atomic E-state index is 12.1. The predicted molar refractivity (Wildman–Crippen MR) is 81.9 cm³/mol. The molecule has 0 radical (unpaired) electrons. The molecule has 5 nitrogen and oxygen atoms in total. The third kappa shape index (κ3) is 2.77. The van der Waals surface area contributed by atoms with Gasteiger partial charge in [0.2, 0.25) is 0 Å². The minimum absolute atomic E-state index is 0.0333. The quantitative estimate of drug-likeness (QED) is 0.896. The van der Waals surface area contributed by atoms with Crippen molar-refractivity contribution in [2.75, 3.05) is 19.6 Å². The number of rotatable bonds is 2. The Kier molecular flexibility index (Phi) is 3.87. The van der Waals surface area contributed by atoms with E-state index in [1.807, 2.05) is 12.1 Å². The van der Waals surface area contributed by atoms with Gasteiger partial charge in [0.1, 0.15) is 5.65 Å². The van der Waals surface area contributed by atoms with Crippen LogP contribution in [0.5, 0.6) is 0 Å². The zero-order chi connectivity index (χ0) is 14.1. The van der Waals surface area contributed by atoms with Crippen LogP contribution in [0.25, 0.3) is 5.65 Å². The van der Waals surface area contributed by atoms with E-state index in [0.29, 0.717) is 11.7 Å². The fourth-order valence-electron chi connectivity index (χ4n) is 2.53. The molecule has 1 atom stereocenters. The monoisotopic (exact) mass is 336 g/mol. The van der Waals surface area contributed by atoms with Gasteiger partial charge in [0, 0.05) is 49.0 Å². The maximum Gasteiger partial charge on any atom is 0.258 e. The first-order valence-electron chi connectivity index (χ1n) is 6.76. The molecule has 6 heteroatoms. The molecule has 2 aromatic heterocycles. The zero-order valence-electron chi connectivity index (χ0n) is 11.3. The molecule has 2 aromatic rings. The Morgan fingerprint density at radius 1 is 1.50 bits per heavy atom. The molecule has 1 N–H and O–H groups in total. The van der Waals surface area contributed by atoms with E-state index < -0.39 is 0 Å². The average Bonchev–Trinajstić information content (AvgIpc) is 2.42. The Hall–Kier alpha value is -1.24. The second-order valence-corrected chi connectivity index (χ2v) is 6.10. The van der Waals surface area contributed by atoms with Crippen molar-refractivity contribution in [3.05, 3.63) is 44.9 Å². The van der Waals surface area contributed by atoms with Gasteiger partial charge in [-0.15, -0.1) is 0 Å². The Morgan fingerprint density at radius 2 is 2.35 bits per heavy atom. The second kappa shape index (κ2) is 5.63. The molecule has 20 heavy (non-hydrogen) atoms. The molecule has 1 aliphatic heterocycles. The van der Waals surface area contributed by atoms with Crippen molar-refractivity contribution >= 4 is 21.6 Å². The van der Waals surface area contributed by atoms with Crippen molar-refractivity contribution in [1.82, 2.24) is 19.6 Å². The summed E-state index contributed by atoms with van der Waals surface area (Å²) in [5.74, 6) is 0. The lowest BCUT2D eigenvalue weighted by molar-refractivity contribution is 0.164. The third-order valence-electron chi connectivity index (χ3n) is 3.68. The largest absolute Gasteiger partial charge is 0.314 e. The van der Waals surface area contributed by atoms with Gasteiger partial charge in [0.25, 0.3) is 5.56 Å². The number of halogens is 1. The molecule has 3 rings (SSSR count). The van der Waals surface area contributed by atoms with Gasteiger partial charge in [-0.1, -0.05) is 0 Å². The first-order chi connectivity index (χ1) is 9.63. The molecular weight excluding hydrogens is 320 g/mol. The highest BCUT2D eigenvalue weighted by Gasteiger charge is 2.18. The minimum atomic E-state index is -0.0333. The van der Waals surface area contributed by atoms with E-state index >= 15 is 0 Å². The molecule has 106 valence electrons. The van der Waals surface area contributed by atoms with E-state index in [-0.39, 0.29) is 5.56 Å². The van der Waals surface area contributed by atoms with Crippen LogP contribution in [0.1, 0.15) is 12.6 Å². The predicted octanol–water partition coefficient (Wildman–Crippen LogP) is 1.25. The highest BCUT2D eigenvalue weighted by Crippen LogP contribution is 2.11. The van der Waals surface area contributed by atoms with Crippen LogP contribution < -0.4 is 10.9 Å². The molecule has 0 bridgehead atoms. The number of aromatic nitrogens is 2. The fourth-order valence-corrected chi connectivity index (χ4v) is 2.87. The first-order valence-corrected chi connectivity index (χ1v) is 7.55. The van der Waals surface area contributed by atoms with Gasteiger partial charge < -0.3 is 5.32 Å². The smallest absolute Gasteiger partial charge is 0.258 e. The summed E-state index contributed by atoms with van der Waals surface area (Å²) in [7, 11) is 0. The van der Waals surface area contributed by atoms with E-state index in [2.05, 4.69) is 38.1 Å². The van der Waals surface area contributed by atoms with Crippen molar-refractivity contribution in [2.45, 2.75) is 19.5 Å². The van der Waals surface area contributed by atoms with Crippen molar-refractivity contribution in [3.8, 4) is 0 Å². The van der Waals surface area contributed by atoms with E-state index in [1.54, 1.807) is 16.7 Å². The molecule has 0 aromatic carbocycles. The standard InChI is InChI=1S/C14H17BrN4O/c1-10-7-16-4-5-18(10)9-12-6-14(20)19-8-11(15)2-3-13(19)17-12/h2-3,6,8,10,16H,4-5,7,9H2,1H3. The SMILES string of the molecule is CC1CNCCN1Cc1cc(=O)n2cc(Br)ccc2n1. The molecule has 0 spiro atoms. The molecule has 1 saturated heterocycles. The van der Waals surface area contributed by atoms with E-state index in [0.717, 1.165) is 36.3 Å². The number of pyridine rings is 1. The summed E-state index contributed by atoms with van der Waals surface area (Å²) in [5.41, 5.74) is 1.50. The maximum atomic E-state index is 12.1. The van der Waals surface area contributed by atoms with Crippen molar-refractivity contribution in [1.29, 1.82) is 0 Å². The molecule has 1 aliphatic rings. The summed E-state index contributed by atoms with van der Waals surface area (Å²) in [4.78, 5) is 19.1. The van der Waals surface area contributed by atoms with Crippen LogP contribution in [0.3, 0.4) is 0 Å². The lowest BCUT2D eigenvalue weighted by atomic mass is 10.2. The normalized spacial score (nSPS) is 20.4. The van der Waals surface area contributed by atoms with E-state index in [4.69, 9.17) is 0 Å². The number of nitrogens with one attached hydrogen (secondary N) is 1. The Bertz CT molecular complexity index is 684. The van der Waals surface area contributed by atoms with Gasteiger partial charge in [0.15, 0.2) is 0 Å². The van der Waals surface area contributed by atoms with Gasteiger partial charge in [-0.2, -0.15) is 0 Å². The van der Waals surface area contributed by atoms with Gasteiger partial charge >= 0.3 is 0 Å². The van der Waals surface area contributed by atoms with Crippen LogP contribution in [0.4, 0.5) is 0 Å². The average molecular weight is 337 g/mol. The van der Waals surface area contributed by atoms with Crippen LogP contribution in [0.15, 0.2) is 33.7 Å². The second-order valence-electron chi connectivity index (χ2n) is 5.18. The van der Waals surface area contributed by atoms with Crippen LogP contribution in [0, 0.1) is 0 Å². The van der Waals surface area contributed by atoms with Crippen LogP contribution in [-0.2, 0) is 6.54 Å². The van der Waals surface area contributed by atoms with Crippen molar-refractivity contribution in [2.24, 2.45) is 0 Å². The molecule has 3 heterocycles. The molecule has 0 saturated carbocycles. The van der Waals surface area contributed by atoms with Gasteiger partial charge in [-0.05, 0) is 35.0 Å². The zero-order valence-corrected chi connectivity index (χ0v) is 12.9. The fraction of sp³-hybridized carbons (Fsp3) is 0.429. The molecule has 1 unspecified atom stereocenters. The lowest BCUT2D eigenvalue weighted by Gasteiger charge is -2.33. The Balaban J connectivity index is 1.92. The van der Waals surface area contributed by atoms with E-state index in [1.165, 1.54) is 0 Å². The summed E-state index contributed by atoms with van der Waals surface area (Å²) in [6.07, 6.45) is 1.75. The third-order valence-corrected chi connectivity index (χ3v) is 4.15.